The van der Waals surface area contributed by atoms with Crippen LogP contribution >= 0.6 is 11.3 Å². The number of anilines is 2. The van der Waals surface area contributed by atoms with Crippen molar-refractivity contribution in [2.45, 2.75) is 19.0 Å². The zero-order valence-corrected chi connectivity index (χ0v) is 18.9. The fourth-order valence-corrected chi connectivity index (χ4v) is 5.67. The number of thiazole rings is 1. The summed E-state index contributed by atoms with van der Waals surface area (Å²) in [5, 5.41) is 0.961. The molecular formula is C24H25F3N4OS. The van der Waals surface area contributed by atoms with Crippen molar-refractivity contribution in [3.05, 3.63) is 54.1 Å². The standard InChI is InChI=1S/C24H25F3N4OS/c25-24(26,27)18-6-3-7-19(15-18)29-11-13-30(14-12-29)22(32)17-5-4-10-31(16-17)23-28-20-8-1-2-9-21(20)33-23/h1-3,6-9,15,17H,4-5,10-14,16H2. The topological polar surface area (TPSA) is 39.7 Å². The van der Waals surface area contributed by atoms with Gasteiger partial charge in [-0.1, -0.05) is 29.5 Å². The van der Waals surface area contributed by atoms with Crippen molar-refractivity contribution < 1.29 is 18.0 Å². The number of alkyl halides is 3. The molecule has 0 aliphatic carbocycles. The summed E-state index contributed by atoms with van der Waals surface area (Å²) in [7, 11) is 0. The van der Waals surface area contributed by atoms with E-state index in [1.807, 2.05) is 28.0 Å². The van der Waals surface area contributed by atoms with Crippen LogP contribution in [0.2, 0.25) is 0 Å². The summed E-state index contributed by atoms with van der Waals surface area (Å²) in [5.74, 6) is 0.0652. The Labute approximate surface area is 194 Å². The number of rotatable bonds is 3. The Bertz CT molecular complexity index is 1110. The second kappa shape index (κ2) is 8.85. The van der Waals surface area contributed by atoms with Crippen molar-refractivity contribution in [1.82, 2.24) is 9.88 Å². The number of fused-ring (bicyclic) bond motifs is 1. The van der Waals surface area contributed by atoms with Crippen molar-refractivity contribution in [1.29, 1.82) is 0 Å². The van der Waals surface area contributed by atoms with Crippen LogP contribution in [0.15, 0.2) is 48.5 Å². The number of halogens is 3. The van der Waals surface area contributed by atoms with E-state index in [0.29, 0.717) is 38.4 Å². The Morgan fingerprint density at radius 1 is 0.970 bits per heavy atom. The summed E-state index contributed by atoms with van der Waals surface area (Å²) < 4.78 is 40.3. The third kappa shape index (κ3) is 4.64. The summed E-state index contributed by atoms with van der Waals surface area (Å²) in [5.41, 5.74) is 0.893. The van der Waals surface area contributed by atoms with Gasteiger partial charge in [0.15, 0.2) is 5.13 Å². The van der Waals surface area contributed by atoms with Crippen molar-refractivity contribution in [3.63, 3.8) is 0 Å². The SMILES string of the molecule is O=C(C1CCCN(c2nc3ccccc3s2)C1)N1CCN(c2cccc(C(F)(F)F)c2)CC1. The number of piperidine rings is 1. The Balaban J connectivity index is 1.21. The lowest BCUT2D eigenvalue weighted by atomic mass is 9.96. The molecular weight excluding hydrogens is 449 g/mol. The first-order valence-corrected chi connectivity index (χ1v) is 12.0. The van der Waals surface area contributed by atoms with Crippen molar-refractivity contribution in [3.8, 4) is 0 Å². The van der Waals surface area contributed by atoms with Crippen molar-refractivity contribution >= 4 is 38.3 Å². The molecule has 0 bridgehead atoms. The Kier molecular flexibility index (Phi) is 5.90. The molecule has 2 aromatic carbocycles. The fourth-order valence-electron chi connectivity index (χ4n) is 4.67. The molecule has 1 amide bonds. The van der Waals surface area contributed by atoms with Crippen LogP contribution in [0, 0.1) is 5.92 Å². The number of nitrogens with zero attached hydrogens (tertiary/aromatic N) is 4. The summed E-state index contributed by atoms with van der Waals surface area (Å²) in [6.07, 6.45) is -2.56. The van der Waals surface area contributed by atoms with Crippen LogP contribution in [0.4, 0.5) is 24.0 Å². The number of amides is 1. The number of benzene rings is 2. The lowest BCUT2D eigenvalue weighted by Gasteiger charge is -2.39. The molecule has 3 aromatic rings. The first-order chi connectivity index (χ1) is 15.9. The number of hydrogen-bond acceptors (Lipinski definition) is 5. The smallest absolute Gasteiger partial charge is 0.368 e. The van der Waals surface area contributed by atoms with Crippen LogP contribution < -0.4 is 9.80 Å². The van der Waals surface area contributed by atoms with Gasteiger partial charge in [0.05, 0.1) is 21.7 Å². The average molecular weight is 475 g/mol. The van der Waals surface area contributed by atoms with Gasteiger partial charge in [0.2, 0.25) is 5.91 Å². The van der Waals surface area contributed by atoms with Crippen LogP contribution in [0.1, 0.15) is 18.4 Å². The molecule has 3 heterocycles. The average Bonchev–Trinajstić information content (AvgIpc) is 3.28. The maximum atomic E-state index is 13.2. The molecule has 1 aromatic heterocycles. The number of carbonyl (C=O) groups is 1. The molecule has 1 atom stereocenters. The second-order valence-electron chi connectivity index (χ2n) is 8.61. The first-order valence-electron chi connectivity index (χ1n) is 11.2. The van der Waals surface area contributed by atoms with Crippen molar-refractivity contribution in [2.24, 2.45) is 5.92 Å². The van der Waals surface area contributed by atoms with Gasteiger partial charge >= 0.3 is 6.18 Å². The van der Waals surface area contributed by atoms with Crippen LogP contribution in [0.5, 0.6) is 0 Å². The van der Waals surface area contributed by atoms with Crippen LogP contribution in [-0.4, -0.2) is 55.1 Å². The Hall–Kier alpha value is -2.81. The lowest BCUT2D eigenvalue weighted by Crippen LogP contribution is -2.52. The van der Waals surface area contributed by atoms with Gasteiger partial charge in [0.25, 0.3) is 0 Å². The van der Waals surface area contributed by atoms with Gasteiger partial charge in [-0.2, -0.15) is 13.2 Å². The number of piperazine rings is 1. The second-order valence-corrected chi connectivity index (χ2v) is 9.62. The van der Waals surface area contributed by atoms with Crippen molar-refractivity contribution in [2.75, 3.05) is 49.1 Å². The highest BCUT2D eigenvalue weighted by atomic mass is 32.1. The molecule has 33 heavy (non-hydrogen) atoms. The van der Waals surface area contributed by atoms with Gasteiger partial charge < -0.3 is 14.7 Å². The minimum Gasteiger partial charge on any atom is -0.368 e. The summed E-state index contributed by atoms with van der Waals surface area (Å²) in [6, 6.07) is 13.5. The van der Waals surface area contributed by atoms with Crippen LogP contribution in [0.25, 0.3) is 10.2 Å². The maximum Gasteiger partial charge on any atom is 0.416 e. The van der Waals surface area contributed by atoms with Gasteiger partial charge in [-0.3, -0.25) is 4.79 Å². The first kappa shape index (κ1) is 22.0. The van der Waals surface area contributed by atoms with E-state index in [1.54, 1.807) is 17.4 Å². The number of para-hydroxylation sites is 1. The van der Waals surface area contributed by atoms with E-state index in [9.17, 15) is 18.0 Å². The van der Waals surface area contributed by atoms with Crippen LogP contribution in [-0.2, 0) is 11.0 Å². The highest BCUT2D eigenvalue weighted by Crippen LogP contribution is 2.33. The molecule has 2 aliphatic rings. The number of hydrogen-bond donors (Lipinski definition) is 0. The molecule has 2 aliphatic heterocycles. The highest BCUT2D eigenvalue weighted by Gasteiger charge is 2.33. The normalized spacial score (nSPS) is 19.8. The fraction of sp³-hybridized carbons (Fsp3) is 0.417. The molecule has 2 fully saturated rings. The highest BCUT2D eigenvalue weighted by molar-refractivity contribution is 7.22. The van der Waals surface area contributed by atoms with Gasteiger partial charge in [-0.15, -0.1) is 0 Å². The monoisotopic (exact) mass is 474 g/mol. The zero-order valence-electron chi connectivity index (χ0n) is 18.1. The quantitative estimate of drug-likeness (QED) is 0.543. The van der Waals surface area contributed by atoms with E-state index in [2.05, 4.69) is 11.0 Å². The largest absolute Gasteiger partial charge is 0.416 e. The van der Waals surface area contributed by atoms with E-state index >= 15 is 0 Å². The molecule has 0 radical (unpaired) electrons. The molecule has 5 rings (SSSR count). The Morgan fingerprint density at radius 3 is 2.52 bits per heavy atom. The van der Waals surface area contributed by atoms with Gasteiger partial charge in [-0.25, -0.2) is 4.98 Å². The predicted octanol–water partition coefficient (Wildman–Crippen LogP) is 4.88. The molecule has 0 saturated carbocycles. The lowest BCUT2D eigenvalue weighted by molar-refractivity contribution is -0.137. The van der Waals surface area contributed by atoms with Gasteiger partial charge in [-0.05, 0) is 43.2 Å². The summed E-state index contributed by atoms with van der Waals surface area (Å²) >= 11 is 1.66. The van der Waals surface area contributed by atoms with E-state index in [1.165, 1.54) is 12.1 Å². The molecule has 5 nitrogen and oxygen atoms in total. The predicted molar refractivity (Wildman–Crippen MR) is 125 cm³/mol. The molecule has 0 N–H and O–H groups in total. The van der Waals surface area contributed by atoms with E-state index in [-0.39, 0.29) is 11.8 Å². The minimum absolute atomic E-state index is 0.0779. The zero-order chi connectivity index (χ0) is 23.0. The van der Waals surface area contributed by atoms with Crippen LogP contribution in [0.3, 0.4) is 0 Å². The summed E-state index contributed by atoms with van der Waals surface area (Å²) in [6.45, 7) is 3.65. The third-order valence-electron chi connectivity index (χ3n) is 6.45. The van der Waals surface area contributed by atoms with E-state index < -0.39 is 11.7 Å². The van der Waals surface area contributed by atoms with Gasteiger partial charge in [0.1, 0.15) is 0 Å². The molecule has 2 saturated heterocycles. The molecule has 1 unspecified atom stereocenters. The summed E-state index contributed by atoms with van der Waals surface area (Å²) in [4.78, 5) is 24.0. The minimum atomic E-state index is -4.36. The molecule has 0 spiro atoms. The third-order valence-corrected chi connectivity index (χ3v) is 7.55. The number of aromatic nitrogens is 1. The van der Waals surface area contributed by atoms with E-state index in [4.69, 9.17) is 4.98 Å². The maximum absolute atomic E-state index is 13.2. The van der Waals surface area contributed by atoms with Gasteiger partial charge in [0, 0.05) is 45.0 Å². The molecule has 174 valence electrons. The molecule has 9 heteroatoms. The number of carbonyl (C=O) groups excluding carboxylic acids is 1. The Morgan fingerprint density at radius 2 is 1.76 bits per heavy atom. The van der Waals surface area contributed by atoms with E-state index in [0.717, 1.165) is 40.8 Å².